The van der Waals surface area contributed by atoms with E-state index >= 15 is 0 Å². The summed E-state index contributed by atoms with van der Waals surface area (Å²) >= 11 is 9.20. The van der Waals surface area contributed by atoms with E-state index < -0.39 is 5.91 Å². The van der Waals surface area contributed by atoms with E-state index in [4.69, 9.17) is 16.0 Å². The molecule has 0 spiro atoms. The molecule has 5 rings (SSSR count). The maximum absolute atomic E-state index is 13.3. The SMILES string of the molecule is Cc1cccc(CSc2ncc(Cl)c(C(=O)Nc3sc4c(c3C(=O)NCc3ccco3)CCCC4)n2)c1. The standard InChI is InChI=1S/C27H25ClN4O3S2/c1-16-6-4-7-17(12-16)15-36-27-30-14-20(28)23(31-27)25(34)32-26-22(19-9-2-3-10-21(19)37-26)24(33)29-13-18-8-5-11-35-18/h4-8,11-12,14H,2-3,9-10,13,15H2,1H3,(H,29,33)(H,32,34). The van der Waals surface area contributed by atoms with Crippen LogP contribution in [0.25, 0.3) is 0 Å². The number of thioether (sulfide) groups is 1. The van der Waals surface area contributed by atoms with Gasteiger partial charge in [0.25, 0.3) is 11.8 Å². The molecule has 1 aliphatic carbocycles. The Labute approximate surface area is 228 Å². The van der Waals surface area contributed by atoms with Gasteiger partial charge in [0.2, 0.25) is 0 Å². The van der Waals surface area contributed by atoms with E-state index in [1.165, 1.54) is 34.9 Å². The fourth-order valence-corrected chi connectivity index (χ4v) is 6.47. The molecule has 7 nitrogen and oxygen atoms in total. The van der Waals surface area contributed by atoms with Crippen molar-refractivity contribution in [2.75, 3.05) is 5.32 Å². The van der Waals surface area contributed by atoms with Crippen molar-refractivity contribution in [2.24, 2.45) is 0 Å². The maximum Gasteiger partial charge on any atom is 0.276 e. The Bertz CT molecular complexity index is 1440. The molecule has 0 aliphatic heterocycles. The van der Waals surface area contributed by atoms with E-state index in [0.29, 0.717) is 27.2 Å². The van der Waals surface area contributed by atoms with Crippen LogP contribution in [0.5, 0.6) is 0 Å². The van der Waals surface area contributed by atoms with Gasteiger partial charge in [-0.1, -0.05) is 53.2 Å². The van der Waals surface area contributed by atoms with Crippen molar-refractivity contribution in [3.63, 3.8) is 0 Å². The minimum atomic E-state index is -0.469. The molecule has 2 N–H and O–H groups in total. The number of aromatic nitrogens is 2. The van der Waals surface area contributed by atoms with Gasteiger partial charge in [0, 0.05) is 10.6 Å². The molecular formula is C27H25ClN4O3S2. The van der Waals surface area contributed by atoms with Gasteiger partial charge in [0.1, 0.15) is 10.8 Å². The molecule has 0 unspecified atom stereocenters. The van der Waals surface area contributed by atoms with E-state index in [0.717, 1.165) is 41.7 Å². The molecule has 190 valence electrons. The van der Waals surface area contributed by atoms with Gasteiger partial charge in [0.05, 0.1) is 29.6 Å². The van der Waals surface area contributed by atoms with Crippen LogP contribution in [-0.2, 0) is 25.1 Å². The van der Waals surface area contributed by atoms with Gasteiger partial charge >= 0.3 is 0 Å². The highest BCUT2D eigenvalue weighted by Gasteiger charge is 2.27. The third-order valence-corrected chi connectivity index (χ3v) is 8.43. The fraction of sp³-hybridized carbons (Fsp3) is 0.259. The van der Waals surface area contributed by atoms with Crippen LogP contribution < -0.4 is 10.6 Å². The number of carbonyl (C=O) groups excluding carboxylic acids is 2. The van der Waals surface area contributed by atoms with Gasteiger partial charge in [0.15, 0.2) is 10.9 Å². The summed E-state index contributed by atoms with van der Waals surface area (Å²) in [6.07, 6.45) is 6.78. The predicted octanol–water partition coefficient (Wildman–Crippen LogP) is 6.45. The number of hydrogen-bond acceptors (Lipinski definition) is 7. The number of aryl methyl sites for hydroxylation is 2. The molecule has 4 aromatic rings. The highest BCUT2D eigenvalue weighted by atomic mass is 35.5. The summed E-state index contributed by atoms with van der Waals surface area (Å²) in [6.45, 7) is 2.31. The van der Waals surface area contributed by atoms with Crippen LogP contribution in [0.1, 0.15) is 61.0 Å². The molecule has 3 heterocycles. The molecule has 0 bridgehead atoms. The van der Waals surface area contributed by atoms with Crippen LogP contribution in [0.15, 0.2) is 58.4 Å². The normalized spacial score (nSPS) is 12.7. The Kier molecular flexibility index (Phi) is 7.93. The van der Waals surface area contributed by atoms with Crippen molar-refractivity contribution >= 4 is 51.5 Å². The van der Waals surface area contributed by atoms with Crippen molar-refractivity contribution in [2.45, 2.75) is 50.1 Å². The van der Waals surface area contributed by atoms with Gasteiger partial charge < -0.3 is 15.1 Å². The number of benzene rings is 1. The third-order valence-electron chi connectivity index (χ3n) is 6.02. The molecule has 0 saturated heterocycles. The molecule has 2 amide bonds. The van der Waals surface area contributed by atoms with Crippen LogP contribution in [-0.4, -0.2) is 21.8 Å². The number of rotatable bonds is 8. The molecule has 0 radical (unpaired) electrons. The molecular weight excluding hydrogens is 528 g/mol. The van der Waals surface area contributed by atoms with E-state index in [9.17, 15) is 9.59 Å². The van der Waals surface area contributed by atoms with Gasteiger partial charge in [-0.05, 0) is 55.9 Å². The number of carbonyl (C=O) groups is 2. The summed E-state index contributed by atoms with van der Waals surface area (Å²) in [6, 6.07) is 11.8. The first-order valence-electron chi connectivity index (χ1n) is 12.0. The van der Waals surface area contributed by atoms with Crippen LogP contribution in [0, 0.1) is 6.92 Å². The maximum atomic E-state index is 13.3. The number of nitrogens with one attached hydrogen (secondary N) is 2. The smallest absolute Gasteiger partial charge is 0.276 e. The summed E-state index contributed by atoms with van der Waals surface area (Å²) in [5.74, 6) is 0.617. The van der Waals surface area contributed by atoms with Crippen LogP contribution in [0.4, 0.5) is 5.00 Å². The Morgan fingerprint density at radius 1 is 1.16 bits per heavy atom. The molecule has 1 aromatic carbocycles. The first kappa shape index (κ1) is 25.5. The Balaban J connectivity index is 1.35. The largest absolute Gasteiger partial charge is 0.467 e. The number of hydrogen-bond donors (Lipinski definition) is 2. The molecule has 0 fully saturated rings. The Morgan fingerprint density at radius 2 is 2.03 bits per heavy atom. The van der Waals surface area contributed by atoms with Crippen molar-refractivity contribution in [1.82, 2.24) is 15.3 Å². The number of fused-ring (bicyclic) bond motifs is 1. The number of thiophene rings is 1. The van der Waals surface area contributed by atoms with Crippen molar-refractivity contribution < 1.29 is 14.0 Å². The molecule has 0 atom stereocenters. The molecule has 0 saturated carbocycles. The van der Waals surface area contributed by atoms with E-state index in [-0.39, 0.29) is 23.2 Å². The molecule has 1 aliphatic rings. The number of nitrogens with zero attached hydrogens (tertiary/aromatic N) is 2. The number of halogens is 1. The summed E-state index contributed by atoms with van der Waals surface area (Å²) in [4.78, 5) is 36.4. The van der Waals surface area contributed by atoms with Gasteiger partial charge in [-0.2, -0.15) is 0 Å². The second-order valence-corrected chi connectivity index (χ2v) is 11.2. The molecule has 37 heavy (non-hydrogen) atoms. The van der Waals surface area contributed by atoms with Crippen molar-refractivity contribution in [3.8, 4) is 0 Å². The van der Waals surface area contributed by atoms with Gasteiger partial charge in [-0.3, -0.25) is 9.59 Å². The fourth-order valence-electron chi connectivity index (χ4n) is 4.25. The Hall–Kier alpha value is -3.14. The second kappa shape index (κ2) is 11.5. The lowest BCUT2D eigenvalue weighted by Crippen LogP contribution is -2.25. The average Bonchev–Trinajstić information content (AvgIpc) is 3.54. The second-order valence-electron chi connectivity index (χ2n) is 8.76. The van der Waals surface area contributed by atoms with Crippen molar-refractivity contribution in [1.29, 1.82) is 0 Å². The van der Waals surface area contributed by atoms with E-state index in [1.54, 1.807) is 18.4 Å². The zero-order chi connectivity index (χ0) is 25.8. The molecule has 10 heteroatoms. The predicted molar refractivity (Wildman–Crippen MR) is 147 cm³/mol. The first-order valence-corrected chi connectivity index (χ1v) is 14.1. The quantitative estimate of drug-likeness (QED) is 0.193. The van der Waals surface area contributed by atoms with Crippen LogP contribution in [0.2, 0.25) is 5.02 Å². The lowest BCUT2D eigenvalue weighted by molar-refractivity contribution is 0.0948. The minimum Gasteiger partial charge on any atom is -0.467 e. The highest BCUT2D eigenvalue weighted by molar-refractivity contribution is 7.98. The van der Waals surface area contributed by atoms with Crippen molar-refractivity contribution in [3.05, 3.63) is 92.5 Å². The zero-order valence-electron chi connectivity index (χ0n) is 20.2. The lowest BCUT2D eigenvalue weighted by Gasteiger charge is -2.13. The first-order chi connectivity index (χ1) is 18.0. The van der Waals surface area contributed by atoms with Crippen LogP contribution >= 0.6 is 34.7 Å². The third kappa shape index (κ3) is 6.06. The summed E-state index contributed by atoms with van der Waals surface area (Å²) < 4.78 is 5.33. The Morgan fingerprint density at radius 3 is 2.84 bits per heavy atom. The van der Waals surface area contributed by atoms with Crippen LogP contribution in [0.3, 0.4) is 0 Å². The monoisotopic (exact) mass is 552 g/mol. The number of furan rings is 1. The number of amides is 2. The summed E-state index contributed by atoms with van der Waals surface area (Å²) in [5.41, 5.74) is 3.92. The average molecular weight is 553 g/mol. The van der Waals surface area contributed by atoms with E-state index in [1.807, 2.05) is 25.1 Å². The molecule has 3 aromatic heterocycles. The topological polar surface area (TPSA) is 97.1 Å². The highest BCUT2D eigenvalue weighted by Crippen LogP contribution is 2.38. The summed E-state index contributed by atoms with van der Waals surface area (Å²) in [5, 5.41) is 6.96. The number of anilines is 1. The summed E-state index contributed by atoms with van der Waals surface area (Å²) in [7, 11) is 0. The zero-order valence-corrected chi connectivity index (χ0v) is 22.6. The van der Waals surface area contributed by atoms with E-state index in [2.05, 4.69) is 26.7 Å². The van der Waals surface area contributed by atoms with Gasteiger partial charge in [-0.25, -0.2) is 9.97 Å². The minimum absolute atomic E-state index is 0.0803. The lowest BCUT2D eigenvalue weighted by atomic mass is 9.95. The van der Waals surface area contributed by atoms with Gasteiger partial charge in [-0.15, -0.1) is 11.3 Å².